The Morgan fingerprint density at radius 2 is 1.93 bits per heavy atom. The van der Waals surface area contributed by atoms with Crippen molar-refractivity contribution in [2.75, 3.05) is 13.1 Å². The minimum atomic E-state index is -0.0393. The topological polar surface area (TPSA) is 49.5 Å². The number of hydrogen-bond donors (Lipinski definition) is 2. The predicted octanol–water partition coefficient (Wildman–Crippen LogP) is 0.736. The Kier molecular flexibility index (Phi) is 2.54. The van der Waals surface area contributed by atoms with Crippen LogP contribution in [0.15, 0.2) is 0 Å². The van der Waals surface area contributed by atoms with Gasteiger partial charge in [-0.25, -0.2) is 0 Å². The number of alkyl halides is 1. The number of aliphatic hydroxyl groups is 1. The van der Waals surface area contributed by atoms with Gasteiger partial charge in [-0.3, -0.25) is 4.90 Å². The second-order valence-electron chi connectivity index (χ2n) is 5.51. The van der Waals surface area contributed by atoms with Crippen LogP contribution in [0.3, 0.4) is 0 Å². The molecule has 3 N–H and O–H groups in total. The molecule has 2 aliphatic carbocycles. The predicted molar refractivity (Wildman–Crippen MR) is 68.1 cm³/mol. The van der Waals surface area contributed by atoms with Gasteiger partial charge in [0.1, 0.15) is 0 Å². The molecule has 0 amide bonds. The summed E-state index contributed by atoms with van der Waals surface area (Å²) in [6.07, 6.45) is 4.25. The molecule has 15 heavy (non-hydrogen) atoms. The highest BCUT2D eigenvalue weighted by Crippen LogP contribution is 2.53. The fraction of sp³-hybridized carbons (Fsp3) is 1.00. The van der Waals surface area contributed by atoms with Crippen LogP contribution in [0, 0.1) is 5.92 Å². The van der Waals surface area contributed by atoms with Crippen LogP contribution in [0.4, 0.5) is 0 Å². The van der Waals surface area contributed by atoms with Crippen LogP contribution in [0.1, 0.15) is 25.7 Å². The van der Waals surface area contributed by atoms with E-state index in [2.05, 4.69) is 27.5 Å². The van der Waals surface area contributed by atoms with Gasteiger partial charge in [0.2, 0.25) is 0 Å². The first-order valence-corrected chi connectivity index (χ1v) is 7.21. The zero-order valence-corrected chi connectivity index (χ0v) is 11.1. The Morgan fingerprint density at radius 1 is 1.27 bits per heavy atom. The SMILES string of the molecule is N[C@]12CN(C3CCC(O)CC3)C[C@H]1[C@@H]2I. The molecule has 0 unspecified atom stereocenters. The van der Waals surface area contributed by atoms with Gasteiger partial charge < -0.3 is 10.8 Å². The molecule has 3 aliphatic rings. The van der Waals surface area contributed by atoms with Gasteiger partial charge in [-0.2, -0.15) is 0 Å². The maximum Gasteiger partial charge on any atom is 0.0541 e. The summed E-state index contributed by atoms with van der Waals surface area (Å²) in [6.45, 7) is 2.29. The van der Waals surface area contributed by atoms with Crippen molar-refractivity contribution in [1.82, 2.24) is 4.90 Å². The van der Waals surface area contributed by atoms with E-state index in [-0.39, 0.29) is 11.6 Å². The zero-order valence-electron chi connectivity index (χ0n) is 8.90. The number of rotatable bonds is 1. The molecule has 0 aromatic carbocycles. The highest BCUT2D eigenvalue weighted by atomic mass is 127. The van der Waals surface area contributed by atoms with Crippen LogP contribution >= 0.6 is 22.6 Å². The number of nitrogens with zero attached hydrogens (tertiary/aromatic N) is 1. The molecule has 0 spiro atoms. The molecule has 1 heterocycles. The van der Waals surface area contributed by atoms with E-state index in [9.17, 15) is 5.11 Å². The van der Waals surface area contributed by atoms with E-state index >= 15 is 0 Å². The van der Waals surface area contributed by atoms with E-state index in [4.69, 9.17) is 5.73 Å². The molecular formula is C11H19IN2O. The normalized spacial score (nSPS) is 55.4. The lowest BCUT2D eigenvalue weighted by molar-refractivity contribution is 0.0788. The van der Waals surface area contributed by atoms with Gasteiger partial charge in [0.15, 0.2) is 0 Å². The average Bonchev–Trinajstić information content (AvgIpc) is 2.60. The summed E-state index contributed by atoms with van der Waals surface area (Å²) in [5.41, 5.74) is 6.46. The molecule has 0 bridgehead atoms. The summed E-state index contributed by atoms with van der Waals surface area (Å²) >= 11 is 2.50. The lowest BCUT2D eigenvalue weighted by Crippen LogP contribution is -2.43. The van der Waals surface area contributed by atoms with Gasteiger partial charge in [-0.05, 0) is 25.7 Å². The minimum Gasteiger partial charge on any atom is -0.393 e. The number of halogens is 1. The first-order valence-electron chi connectivity index (χ1n) is 5.96. The van der Waals surface area contributed by atoms with E-state index in [0.717, 1.165) is 38.1 Å². The Labute approximate surface area is 105 Å². The van der Waals surface area contributed by atoms with E-state index in [0.29, 0.717) is 9.97 Å². The van der Waals surface area contributed by atoms with Gasteiger partial charge in [0, 0.05) is 34.5 Å². The molecule has 0 radical (unpaired) electrons. The van der Waals surface area contributed by atoms with Crippen molar-refractivity contribution < 1.29 is 5.11 Å². The molecule has 3 fully saturated rings. The summed E-state index contributed by atoms with van der Waals surface area (Å²) < 4.78 is 0.709. The van der Waals surface area contributed by atoms with Crippen molar-refractivity contribution in [3.8, 4) is 0 Å². The molecule has 1 aliphatic heterocycles. The number of hydrogen-bond acceptors (Lipinski definition) is 3. The maximum absolute atomic E-state index is 9.48. The highest BCUT2D eigenvalue weighted by molar-refractivity contribution is 14.1. The van der Waals surface area contributed by atoms with Crippen molar-refractivity contribution in [1.29, 1.82) is 0 Å². The fourth-order valence-electron chi connectivity index (χ4n) is 3.33. The van der Waals surface area contributed by atoms with Crippen molar-refractivity contribution in [2.45, 2.75) is 47.3 Å². The van der Waals surface area contributed by atoms with Crippen LogP contribution < -0.4 is 5.73 Å². The molecule has 0 aromatic heterocycles. The molecule has 4 heteroatoms. The summed E-state index contributed by atoms with van der Waals surface area (Å²) in [6, 6.07) is 0.699. The lowest BCUT2D eigenvalue weighted by Gasteiger charge is -2.34. The van der Waals surface area contributed by atoms with Gasteiger partial charge in [-0.15, -0.1) is 0 Å². The lowest BCUT2D eigenvalue weighted by atomic mass is 9.92. The van der Waals surface area contributed by atoms with E-state index in [1.165, 1.54) is 6.54 Å². The smallest absolute Gasteiger partial charge is 0.0541 e. The molecule has 3 rings (SSSR count). The van der Waals surface area contributed by atoms with E-state index in [1.54, 1.807) is 0 Å². The second-order valence-corrected chi connectivity index (χ2v) is 6.85. The molecule has 86 valence electrons. The largest absolute Gasteiger partial charge is 0.393 e. The van der Waals surface area contributed by atoms with Crippen LogP contribution in [0.2, 0.25) is 0 Å². The number of aliphatic hydroxyl groups excluding tert-OH is 1. The average molecular weight is 322 g/mol. The standard InChI is InChI=1S/C11H19IN2O/c12-10-9-5-14(6-11(9,10)13)7-1-3-8(15)4-2-7/h7-10,15H,1-6,13H2/t7?,8?,9-,10-,11+/m0/s1. The molecule has 0 aromatic rings. The number of fused-ring (bicyclic) bond motifs is 1. The van der Waals surface area contributed by atoms with Crippen LogP contribution in [-0.4, -0.2) is 44.7 Å². The van der Waals surface area contributed by atoms with Gasteiger partial charge in [-0.1, -0.05) is 22.6 Å². The van der Waals surface area contributed by atoms with Crippen molar-refractivity contribution in [3.05, 3.63) is 0 Å². The van der Waals surface area contributed by atoms with Gasteiger partial charge in [0.05, 0.1) is 6.10 Å². The Morgan fingerprint density at radius 3 is 2.47 bits per heavy atom. The molecule has 1 saturated heterocycles. The summed E-state index contributed by atoms with van der Waals surface area (Å²) in [7, 11) is 0. The molecule has 2 saturated carbocycles. The van der Waals surface area contributed by atoms with Crippen LogP contribution in [-0.2, 0) is 0 Å². The third-order valence-corrected chi connectivity index (χ3v) is 6.57. The van der Waals surface area contributed by atoms with E-state index < -0.39 is 0 Å². The molecule has 3 atom stereocenters. The second kappa shape index (κ2) is 3.55. The van der Waals surface area contributed by atoms with Crippen LogP contribution in [0.25, 0.3) is 0 Å². The molecular weight excluding hydrogens is 303 g/mol. The van der Waals surface area contributed by atoms with Crippen molar-refractivity contribution in [3.63, 3.8) is 0 Å². The number of likely N-dealkylation sites (tertiary alicyclic amines) is 1. The Balaban J connectivity index is 1.58. The summed E-state index contributed by atoms with van der Waals surface area (Å²) in [5, 5.41) is 9.48. The van der Waals surface area contributed by atoms with E-state index in [1.807, 2.05) is 0 Å². The minimum absolute atomic E-state index is 0.0393. The van der Waals surface area contributed by atoms with Crippen molar-refractivity contribution >= 4 is 22.6 Å². The number of piperidine rings is 1. The highest BCUT2D eigenvalue weighted by Gasteiger charge is 2.66. The Bertz CT molecular complexity index is 267. The van der Waals surface area contributed by atoms with Gasteiger partial charge in [0.25, 0.3) is 0 Å². The molecule has 3 nitrogen and oxygen atoms in total. The van der Waals surface area contributed by atoms with Crippen LogP contribution in [0.5, 0.6) is 0 Å². The Hall–Kier alpha value is 0.610. The zero-order chi connectivity index (χ0) is 10.6. The van der Waals surface area contributed by atoms with Gasteiger partial charge >= 0.3 is 0 Å². The fourth-order valence-corrected chi connectivity index (χ4v) is 4.67. The van der Waals surface area contributed by atoms with Crippen molar-refractivity contribution in [2.24, 2.45) is 11.7 Å². The maximum atomic E-state index is 9.48. The summed E-state index contributed by atoms with van der Waals surface area (Å²) in [4.78, 5) is 2.58. The quantitative estimate of drug-likeness (QED) is 0.553. The monoisotopic (exact) mass is 322 g/mol. The first kappa shape index (κ1) is 10.7. The first-order chi connectivity index (χ1) is 7.11. The number of nitrogens with two attached hydrogens (primary N) is 1. The third kappa shape index (κ3) is 1.64. The summed E-state index contributed by atoms with van der Waals surface area (Å²) in [5.74, 6) is 0.741. The third-order valence-electron chi connectivity index (χ3n) is 4.54.